The number of aromatic nitrogens is 1. The molecule has 0 saturated heterocycles. The zero-order valence-electron chi connectivity index (χ0n) is 9.46. The van der Waals surface area contributed by atoms with Crippen LogP contribution in [-0.2, 0) is 13.6 Å². The summed E-state index contributed by atoms with van der Waals surface area (Å²) >= 11 is 5.90. The van der Waals surface area contributed by atoms with Crippen LogP contribution in [0.1, 0.15) is 25.5 Å². The second-order valence-electron chi connectivity index (χ2n) is 3.91. The van der Waals surface area contributed by atoms with Gasteiger partial charge in [0.2, 0.25) is 0 Å². The lowest BCUT2D eigenvalue weighted by molar-refractivity contribution is 0.508. The molecule has 1 heterocycles. The number of aryl methyl sites for hydroxylation is 1. The Bertz CT molecular complexity index is 317. The van der Waals surface area contributed by atoms with E-state index in [0.29, 0.717) is 6.04 Å². The molecular formula is C12H19ClN2. The van der Waals surface area contributed by atoms with Crippen molar-refractivity contribution >= 4 is 11.6 Å². The van der Waals surface area contributed by atoms with Gasteiger partial charge in [0.15, 0.2) is 0 Å². The van der Waals surface area contributed by atoms with Gasteiger partial charge in [-0.3, -0.25) is 0 Å². The van der Waals surface area contributed by atoms with Crippen LogP contribution in [0.25, 0.3) is 0 Å². The predicted octanol–water partition coefficient (Wildman–Crippen LogP) is 3.12. The minimum absolute atomic E-state index is 0.511. The highest BCUT2D eigenvalue weighted by Gasteiger charge is 2.03. The van der Waals surface area contributed by atoms with E-state index >= 15 is 0 Å². The van der Waals surface area contributed by atoms with Crippen molar-refractivity contribution in [3.05, 3.63) is 35.6 Å². The SMILES string of the molecule is C=CCCC(C)NCc1cc(Cl)cn1C. The fourth-order valence-corrected chi connectivity index (χ4v) is 1.76. The number of hydrogen-bond acceptors (Lipinski definition) is 1. The molecule has 0 fully saturated rings. The molecule has 0 aliphatic carbocycles. The van der Waals surface area contributed by atoms with E-state index in [0.717, 1.165) is 24.4 Å². The molecule has 0 amide bonds. The Morgan fingerprint density at radius 3 is 2.93 bits per heavy atom. The summed E-state index contributed by atoms with van der Waals surface area (Å²) in [6, 6.07) is 2.51. The number of allylic oxidation sites excluding steroid dienone is 1. The van der Waals surface area contributed by atoms with Gasteiger partial charge in [0.25, 0.3) is 0 Å². The van der Waals surface area contributed by atoms with Crippen LogP contribution in [0.4, 0.5) is 0 Å². The van der Waals surface area contributed by atoms with Crippen LogP contribution in [0, 0.1) is 0 Å². The van der Waals surface area contributed by atoms with E-state index in [-0.39, 0.29) is 0 Å². The molecule has 1 rings (SSSR count). The second kappa shape index (κ2) is 5.99. The number of halogens is 1. The highest BCUT2D eigenvalue weighted by Crippen LogP contribution is 2.12. The van der Waals surface area contributed by atoms with Crippen molar-refractivity contribution in [1.29, 1.82) is 0 Å². The van der Waals surface area contributed by atoms with Crippen LogP contribution in [0.15, 0.2) is 24.9 Å². The Labute approximate surface area is 96.9 Å². The maximum atomic E-state index is 5.90. The average Bonchev–Trinajstić information content (AvgIpc) is 2.51. The van der Waals surface area contributed by atoms with Crippen molar-refractivity contribution in [1.82, 2.24) is 9.88 Å². The molecule has 0 aliphatic rings. The van der Waals surface area contributed by atoms with Crippen LogP contribution in [0.2, 0.25) is 5.02 Å². The molecule has 0 aromatic carbocycles. The summed E-state index contributed by atoms with van der Waals surface area (Å²) in [5.41, 5.74) is 1.21. The van der Waals surface area contributed by atoms with Crippen LogP contribution in [0.3, 0.4) is 0 Å². The van der Waals surface area contributed by atoms with E-state index < -0.39 is 0 Å². The minimum Gasteiger partial charge on any atom is -0.352 e. The Hall–Kier alpha value is -0.730. The number of hydrogen-bond donors (Lipinski definition) is 1. The van der Waals surface area contributed by atoms with Crippen molar-refractivity contribution in [2.24, 2.45) is 7.05 Å². The zero-order valence-corrected chi connectivity index (χ0v) is 10.2. The molecule has 1 aromatic rings. The normalized spacial score (nSPS) is 12.7. The molecule has 0 radical (unpaired) electrons. The third-order valence-corrected chi connectivity index (χ3v) is 2.72. The first-order chi connectivity index (χ1) is 7.13. The van der Waals surface area contributed by atoms with E-state index in [2.05, 4.69) is 23.4 Å². The highest BCUT2D eigenvalue weighted by molar-refractivity contribution is 6.30. The van der Waals surface area contributed by atoms with E-state index in [1.54, 1.807) is 0 Å². The molecule has 3 heteroatoms. The third-order valence-electron chi connectivity index (χ3n) is 2.51. The number of nitrogens with zero attached hydrogens (tertiary/aromatic N) is 1. The summed E-state index contributed by atoms with van der Waals surface area (Å²) in [7, 11) is 2.01. The van der Waals surface area contributed by atoms with E-state index in [1.807, 2.05) is 25.4 Å². The smallest absolute Gasteiger partial charge is 0.0585 e. The lowest BCUT2D eigenvalue weighted by Crippen LogP contribution is -2.26. The van der Waals surface area contributed by atoms with Crippen molar-refractivity contribution in [2.45, 2.75) is 32.4 Å². The van der Waals surface area contributed by atoms with Gasteiger partial charge in [0, 0.05) is 31.5 Å². The van der Waals surface area contributed by atoms with Gasteiger partial charge in [-0.15, -0.1) is 6.58 Å². The quantitative estimate of drug-likeness (QED) is 0.738. The molecule has 1 atom stereocenters. The van der Waals surface area contributed by atoms with Crippen LogP contribution >= 0.6 is 11.6 Å². The van der Waals surface area contributed by atoms with Crippen LogP contribution in [-0.4, -0.2) is 10.6 Å². The maximum absolute atomic E-state index is 5.90. The molecule has 2 nitrogen and oxygen atoms in total. The van der Waals surface area contributed by atoms with Crippen molar-refractivity contribution < 1.29 is 0 Å². The maximum Gasteiger partial charge on any atom is 0.0585 e. The monoisotopic (exact) mass is 226 g/mol. The van der Waals surface area contributed by atoms with Gasteiger partial charge in [-0.2, -0.15) is 0 Å². The Morgan fingerprint density at radius 2 is 2.40 bits per heavy atom. The lowest BCUT2D eigenvalue weighted by atomic mass is 10.2. The van der Waals surface area contributed by atoms with Gasteiger partial charge in [-0.05, 0) is 25.8 Å². The summed E-state index contributed by atoms with van der Waals surface area (Å²) in [6.45, 7) is 6.77. The molecule has 0 bridgehead atoms. The summed E-state index contributed by atoms with van der Waals surface area (Å²) < 4.78 is 2.05. The minimum atomic E-state index is 0.511. The highest BCUT2D eigenvalue weighted by atomic mass is 35.5. The van der Waals surface area contributed by atoms with Crippen molar-refractivity contribution in [2.75, 3.05) is 0 Å². The average molecular weight is 227 g/mol. The molecule has 0 spiro atoms. The first-order valence-electron chi connectivity index (χ1n) is 5.28. The fourth-order valence-electron chi connectivity index (χ4n) is 1.49. The first-order valence-corrected chi connectivity index (χ1v) is 5.66. The lowest BCUT2D eigenvalue weighted by Gasteiger charge is -2.12. The standard InChI is InChI=1S/C12H19ClN2/c1-4-5-6-10(2)14-8-12-7-11(13)9-15(12)3/h4,7,9-10,14H,1,5-6,8H2,2-3H3. The molecule has 84 valence electrons. The third kappa shape index (κ3) is 4.10. The van der Waals surface area contributed by atoms with E-state index in [4.69, 9.17) is 11.6 Å². The van der Waals surface area contributed by atoms with Crippen LogP contribution in [0.5, 0.6) is 0 Å². The van der Waals surface area contributed by atoms with Crippen molar-refractivity contribution in [3.63, 3.8) is 0 Å². The van der Waals surface area contributed by atoms with E-state index in [1.165, 1.54) is 5.69 Å². The summed E-state index contributed by atoms with van der Waals surface area (Å²) in [4.78, 5) is 0. The number of nitrogens with one attached hydrogen (secondary N) is 1. The van der Waals surface area contributed by atoms with Gasteiger partial charge in [0.05, 0.1) is 5.02 Å². The molecule has 0 saturated carbocycles. The van der Waals surface area contributed by atoms with Gasteiger partial charge in [0.1, 0.15) is 0 Å². The first kappa shape index (κ1) is 12.3. The largest absolute Gasteiger partial charge is 0.352 e. The topological polar surface area (TPSA) is 17.0 Å². The van der Waals surface area contributed by atoms with E-state index in [9.17, 15) is 0 Å². The number of rotatable bonds is 6. The second-order valence-corrected chi connectivity index (χ2v) is 4.34. The van der Waals surface area contributed by atoms with Gasteiger partial charge in [-0.25, -0.2) is 0 Å². The summed E-state index contributed by atoms with van der Waals surface area (Å²) in [5.74, 6) is 0. The molecule has 1 N–H and O–H groups in total. The predicted molar refractivity (Wildman–Crippen MR) is 66.2 cm³/mol. The molecule has 1 unspecified atom stereocenters. The fraction of sp³-hybridized carbons (Fsp3) is 0.500. The molecule has 0 aliphatic heterocycles. The van der Waals surface area contributed by atoms with Gasteiger partial charge < -0.3 is 9.88 Å². The summed E-state index contributed by atoms with van der Waals surface area (Å²) in [6.07, 6.45) is 6.06. The molecular weight excluding hydrogens is 208 g/mol. The van der Waals surface area contributed by atoms with Gasteiger partial charge >= 0.3 is 0 Å². The Kier molecular flexibility index (Phi) is 4.92. The Morgan fingerprint density at radius 1 is 1.67 bits per heavy atom. The summed E-state index contributed by atoms with van der Waals surface area (Å²) in [5, 5.41) is 4.26. The zero-order chi connectivity index (χ0) is 11.3. The van der Waals surface area contributed by atoms with Gasteiger partial charge in [-0.1, -0.05) is 17.7 Å². The molecule has 1 aromatic heterocycles. The molecule has 15 heavy (non-hydrogen) atoms. The Balaban J connectivity index is 2.36. The van der Waals surface area contributed by atoms with Crippen molar-refractivity contribution in [3.8, 4) is 0 Å². The van der Waals surface area contributed by atoms with Crippen LogP contribution < -0.4 is 5.32 Å².